The molecule has 1 amide bonds. The van der Waals surface area contributed by atoms with Crippen molar-refractivity contribution in [3.05, 3.63) is 90.0 Å². The first-order valence-corrected chi connectivity index (χ1v) is 11.1. The average Bonchev–Trinajstić information content (AvgIpc) is 2.70. The minimum absolute atomic E-state index is 0.0546. The molecule has 0 aliphatic heterocycles. The fraction of sp³-hybridized carbons (Fsp3) is 0.130. The van der Waals surface area contributed by atoms with Gasteiger partial charge in [0.15, 0.2) is 0 Å². The highest BCUT2D eigenvalue weighted by molar-refractivity contribution is 14.1. The fourth-order valence-corrected chi connectivity index (χ4v) is 3.76. The maximum Gasteiger partial charge on any atom is 0.271 e. The van der Waals surface area contributed by atoms with Crippen molar-refractivity contribution in [3.8, 4) is 11.5 Å². The Morgan fingerprint density at radius 1 is 1.13 bits per heavy atom. The third-order valence-electron chi connectivity index (χ3n) is 4.46. The monoisotopic (exact) mass is 568 g/mol. The SMILES string of the molecule is Cc1cc(/C=N\NC(=O)c2ccc(I)c(O)c2)cc(C)c1OCc1ccc(Cl)cc1Cl. The lowest BCUT2D eigenvalue weighted by Gasteiger charge is -2.14. The third-order valence-corrected chi connectivity index (χ3v) is 5.96. The maximum absolute atomic E-state index is 12.2. The van der Waals surface area contributed by atoms with Crippen LogP contribution in [0.15, 0.2) is 53.6 Å². The number of amides is 1. The molecule has 0 aromatic heterocycles. The number of hydrogen-bond acceptors (Lipinski definition) is 4. The Kier molecular flexibility index (Phi) is 7.80. The summed E-state index contributed by atoms with van der Waals surface area (Å²) in [6.45, 7) is 4.20. The van der Waals surface area contributed by atoms with Gasteiger partial charge >= 0.3 is 0 Å². The number of aromatic hydroxyl groups is 1. The Bertz CT molecular complexity index is 1140. The lowest BCUT2D eigenvalue weighted by Crippen LogP contribution is -2.17. The number of aryl methyl sites for hydroxylation is 2. The fourth-order valence-electron chi connectivity index (χ4n) is 2.96. The van der Waals surface area contributed by atoms with Gasteiger partial charge in [0.05, 0.1) is 9.78 Å². The topological polar surface area (TPSA) is 70.9 Å². The van der Waals surface area contributed by atoms with E-state index in [1.54, 1.807) is 30.5 Å². The zero-order chi connectivity index (χ0) is 22.5. The Morgan fingerprint density at radius 2 is 1.84 bits per heavy atom. The van der Waals surface area contributed by atoms with Gasteiger partial charge in [-0.15, -0.1) is 0 Å². The molecule has 0 bridgehead atoms. The van der Waals surface area contributed by atoms with Gasteiger partial charge in [-0.1, -0.05) is 29.3 Å². The molecule has 0 radical (unpaired) electrons. The third kappa shape index (κ3) is 6.12. The molecule has 0 spiro atoms. The van der Waals surface area contributed by atoms with Crippen LogP contribution in [-0.4, -0.2) is 17.2 Å². The van der Waals surface area contributed by atoms with Crippen LogP contribution in [0.4, 0.5) is 0 Å². The van der Waals surface area contributed by atoms with Crippen molar-refractivity contribution in [1.82, 2.24) is 5.43 Å². The van der Waals surface area contributed by atoms with Gasteiger partial charge in [-0.2, -0.15) is 5.10 Å². The van der Waals surface area contributed by atoms with Crippen LogP contribution in [0.2, 0.25) is 10.0 Å². The second-order valence-corrected chi connectivity index (χ2v) is 8.88. The molecule has 0 heterocycles. The van der Waals surface area contributed by atoms with Crippen molar-refractivity contribution in [3.63, 3.8) is 0 Å². The van der Waals surface area contributed by atoms with Gasteiger partial charge in [0.1, 0.15) is 18.1 Å². The highest BCUT2D eigenvalue weighted by atomic mass is 127. The lowest BCUT2D eigenvalue weighted by molar-refractivity contribution is 0.0954. The molecule has 3 aromatic rings. The molecule has 0 unspecified atom stereocenters. The van der Waals surface area contributed by atoms with E-state index < -0.39 is 5.91 Å². The summed E-state index contributed by atoms with van der Waals surface area (Å²) >= 11 is 14.1. The lowest BCUT2D eigenvalue weighted by atomic mass is 10.1. The van der Waals surface area contributed by atoms with Gasteiger partial charge in [-0.3, -0.25) is 4.79 Å². The predicted molar refractivity (Wildman–Crippen MR) is 133 cm³/mol. The standard InChI is InChI=1S/C23H19Cl2IN2O3/c1-13-7-15(11-27-28-23(30)16-4-6-20(26)21(29)9-16)8-14(2)22(13)31-12-17-3-5-18(24)10-19(17)25/h3-11,29H,12H2,1-2H3,(H,28,30)/b27-11-. The van der Waals surface area contributed by atoms with Gasteiger partial charge in [-0.25, -0.2) is 5.43 Å². The van der Waals surface area contributed by atoms with E-state index in [9.17, 15) is 9.90 Å². The maximum atomic E-state index is 12.2. The molecule has 0 aliphatic rings. The number of phenolic OH excluding ortho intramolecular Hbond substituents is 1. The highest BCUT2D eigenvalue weighted by Crippen LogP contribution is 2.27. The molecule has 0 saturated carbocycles. The summed E-state index contributed by atoms with van der Waals surface area (Å²) in [7, 11) is 0. The molecule has 5 nitrogen and oxygen atoms in total. The van der Waals surface area contributed by atoms with E-state index in [4.69, 9.17) is 27.9 Å². The first-order valence-electron chi connectivity index (χ1n) is 9.24. The van der Waals surface area contributed by atoms with E-state index in [2.05, 4.69) is 10.5 Å². The number of nitrogens with zero attached hydrogens (tertiary/aromatic N) is 1. The largest absolute Gasteiger partial charge is 0.507 e. The van der Waals surface area contributed by atoms with Crippen LogP contribution in [0.5, 0.6) is 11.5 Å². The van der Waals surface area contributed by atoms with Gasteiger partial charge in [0, 0.05) is 21.2 Å². The minimum atomic E-state index is -0.406. The second kappa shape index (κ2) is 10.3. The predicted octanol–water partition coefficient (Wildman–Crippen LogP) is 6.26. The van der Waals surface area contributed by atoms with Gasteiger partial charge < -0.3 is 9.84 Å². The van der Waals surface area contributed by atoms with E-state index >= 15 is 0 Å². The molecule has 3 aromatic carbocycles. The van der Waals surface area contributed by atoms with Crippen molar-refractivity contribution in [2.24, 2.45) is 5.10 Å². The number of carbonyl (C=O) groups excluding carboxylic acids is 1. The average molecular weight is 569 g/mol. The van der Waals surface area contributed by atoms with Crippen molar-refractivity contribution >= 4 is 57.9 Å². The van der Waals surface area contributed by atoms with E-state index in [0.29, 0.717) is 25.8 Å². The quantitative estimate of drug-likeness (QED) is 0.209. The van der Waals surface area contributed by atoms with E-state index in [1.807, 2.05) is 54.6 Å². The number of rotatable bonds is 6. The summed E-state index contributed by atoms with van der Waals surface area (Å²) in [4.78, 5) is 12.2. The Morgan fingerprint density at radius 3 is 2.48 bits per heavy atom. The molecular weight excluding hydrogens is 550 g/mol. The summed E-state index contributed by atoms with van der Waals surface area (Å²) in [6.07, 6.45) is 1.56. The Hall–Kier alpha value is -2.29. The summed E-state index contributed by atoms with van der Waals surface area (Å²) in [6, 6.07) is 13.8. The van der Waals surface area contributed by atoms with Gasteiger partial charge in [0.25, 0.3) is 5.91 Å². The zero-order valence-corrected chi connectivity index (χ0v) is 20.4. The summed E-state index contributed by atoms with van der Waals surface area (Å²) < 4.78 is 6.66. The molecule has 3 rings (SSSR count). The van der Waals surface area contributed by atoms with Crippen LogP contribution in [-0.2, 0) is 6.61 Å². The number of hydrazone groups is 1. The van der Waals surface area contributed by atoms with Crippen LogP contribution < -0.4 is 10.2 Å². The summed E-state index contributed by atoms with van der Waals surface area (Å²) in [5.41, 5.74) is 6.32. The smallest absolute Gasteiger partial charge is 0.271 e. The van der Waals surface area contributed by atoms with E-state index in [1.165, 1.54) is 6.07 Å². The molecule has 0 fully saturated rings. The Balaban J connectivity index is 1.66. The van der Waals surface area contributed by atoms with E-state index in [0.717, 1.165) is 28.0 Å². The first kappa shape index (κ1) is 23.4. The molecule has 0 saturated heterocycles. The number of benzene rings is 3. The number of hydrogen-bond donors (Lipinski definition) is 2. The Labute approximate surface area is 204 Å². The van der Waals surface area contributed by atoms with Gasteiger partial charge in [0.2, 0.25) is 0 Å². The van der Waals surface area contributed by atoms with Crippen molar-refractivity contribution in [1.29, 1.82) is 0 Å². The van der Waals surface area contributed by atoms with Crippen molar-refractivity contribution < 1.29 is 14.6 Å². The normalized spacial score (nSPS) is 11.0. The number of ether oxygens (including phenoxy) is 1. The number of carbonyl (C=O) groups is 1. The second-order valence-electron chi connectivity index (χ2n) is 6.87. The molecule has 160 valence electrons. The minimum Gasteiger partial charge on any atom is -0.507 e. The highest BCUT2D eigenvalue weighted by Gasteiger charge is 2.09. The summed E-state index contributed by atoms with van der Waals surface area (Å²) in [5, 5.41) is 14.9. The molecule has 31 heavy (non-hydrogen) atoms. The molecule has 2 N–H and O–H groups in total. The van der Waals surface area contributed by atoms with Crippen molar-refractivity contribution in [2.45, 2.75) is 20.5 Å². The van der Waals surface area contributed by atoms with Crippen LogP contribution in [0.25, 0.3) is 0 Å². The van der Waals surface area contributed by atoms with Crippen LogP contribution in [0.3, 0.4) is 0 Å². The zero-order valence-electron chi connectivity index (χ0n) is 16.7. The van der Waals surface area contributed by atoms with Crippen LogP contribution >= 0.6 is 45.8 Å². The number of phenols is 1. The molecule has 0 aliphatic carbocycles. The molecule has 0 atom stereocenters. The molecule has 8 heteroatoms. The van der Waals surface area contributed by atoms with Crippen molar-refractivity contribution in [2.75, 3.05) is 0 Å². The van der Waals surface area contributed by atoms with E-state index in [-0.39, 0.29) is 5.75 Å². The molecular formula is C23H19Cl2IN2O3. The van der Waals surface area contributed by atoms with Crippen LogP contribution in [0, 0.1) is 17.4 Å². The summed E-state index contributed by atoms with van der Waals surface area (Å²) in [5.74, 6) is 0.414. The van der Waals surface area contributed by atoms with Gasteiger partial charge in [-0.05, 0) is 95.6 Å². The van der Waals surface area contributed by atoms with Crippen LogP contribution in [0.1, 0.15) is 32.6 Å². The number of halogens is 3. The first-order chi connectivity index (χ1) is 14.7. The number of nitrogens with one attached hydrogen (secondary N) is 1.